The molecule has 2 unspecified atom stereocenters. The molecule has 6 heteroatoms. The zero-order valence-electron chi connectivity index (χ0n) is 13.2. The molecule has 24 heavy (non-hydrogen) atoms. The predicted molar refractivity (Wildman–Crippen MR) is 85.6 cm³/mol. The van der Waals surface area contributed by atoms with E-state index < -0.39 is 21.1 Å². The van der Waals surface area contributed by atoms with Crippen LogP contribution in [0.1, 0.15) is 48.9 Å². The van der Waals surface area contributed by atoms with Gasteiger partial charge in [0.1, 0.15) is 6.10 Å². The first-order valence-electron chi connectivity index (χ1n) is 8.31. The molecule has 0 N–H and O–H groups in total. The highest BCUT2D eigenvalue weighted by atomic mass is 32.3. The van der Waals surface area contributed by atoms with Crippen molar-refractivity contribution in [2.75, 3.05) is 0 Å². The summed E-state index contributed by atoms with van der Waals surface area (Å²) in [6.45, 7) is 0. The van der Waals surface area contributed by atoms with Crippen LogP contribution >= 0.6 is 0 Å². The molecule has 128 valence electrons. The Bertz CT molecular complexity index is 806. The van der Waals surface area contributed by atoms with Crippen molar-refractivity contribution in [2.45, 2.75) is 49.5 Å². The van der Waals surface area contributed by atoms with Gasteiger partial charge in [-0.1, -0.05) is 11.6 Å². The molecule has 0 amide bonds. The standard InChI is InChI=1S/C18H19FO4S/c19-24(21,22)14-4-1-13(2-5-14)17(20)23-16-6-3-12-7-8-18(9-10-18)11-15(12)16/h1-2,4-5,7,15-16H,3,6,8-11H2. The van der Waals surface area contributed by atoms with E-state index in [1.807, 2.05) is 0 Å². The first kappa shape index (κ1) is 15.8. The number of esters is 1. The Labute approximate surface area is 140 Å². The van der Waals surface area contributed by atoms with E-state index in [1.165, 1.54) is 37.0 Å². The molecule has 2 saturated carbocycles. The summed E-state index contributed by atoms with van der Waals surface area (Å²) in [5, 5.41) is 0. The molecule has 4 rings (SSSR count). The molecular weight excluding hydrogens is 331 g/mol. The molecule has 3 aliphatic rings. The van der Waals surface area contributed by atoms with Gasteiger partial charge in [0.05, 0.1) is 10.5 Å². The van der Waals surface area contributed by atoms with Gasteiger partial charge in [-0.25, -0.2) is 4.79 Å². The SMILES string of the molecule is O=C(OC1CCC2=CCC3(CC3)CC21)c1ccc(S(=O)(=O)F)cc1. The zero-order valence-corrected chi connectivity index (χ0v) is 14.0. The Morgan fingerprint density at radius 2 is 1.92 bits per heavy atom. The number of benzene rings is 1. The smallest absolute Gasteiger partial charge is 0.338 e. The lowest BCUT2D eigenvalue weighted by Crippen LogP contribution is -2.27. The quantitative estimate of drug-likeness (QED) is 0.473. The molecule has 1 aromatic rings. The van der Waals surface area contributed by atoms with Crippen LogP contribution in [0.4, 0.5) is 3.89 Å². The van der Waals surface area contributed by atoms with E-state index in [4.69, 9.17) is 4.74 Å². The van der Waals surface area contributed by atoms with Crippen molar-refractivity contribution >= 4 is 16.2 Å². The van der Waals surface area contributed by atoms with Gasteiger partial charge in [-0.2, -0.15) is 8.42 Å². The summed E-state index contributed by atoms with van der Waals surface area (Å²) in [7, 11) is -4.75. The van der Waals surface area contributed by atoms with E-state index in [0.717, 1.165) is 31.4 Å². The zero-order chi connectivity index (χ0) is 16.9. The Balaban J connectivity index is 1.46. The van der Waals surface area contributed by atoms with Crippen molar-refractivity contribution in [2.24, 2.45) is 11.3 Å². The second kappa shape index (κ2) is 5.41. The van der Waals surface area contributed by atoms with E-state index in [9.17, 15) is 17.1 Å². The van der Waals surface area contributed by atoms with Crippen LogP contribution in [0.15, 0.2) is 40.8 Å². The van der Waals surface area contributed by atoms with Gasteiger partial charge in [-0.15, -0.1) is 3.89 Å². The molecule has 4 nitrogen and oxygen atoms in total. The van der Waals surface area contributed by atoms with Crippen LogP contribution in [0.25, 0.3) is 0 Å². The van der Waals surface area contributed by atoms with Crippen molar-refractivity contribution in [3.63, 3.8) is 0 Å². The van der Waals surface area contributed by atoms with E-state index in [0.29, 0.717) is 11.3 Å². The summed E-state index contributed by atoms with van der Waals surface area (Å²) in [6.07, 6.45) is 8.88. The number of carbonyl (C=O) groups excluding carboxylic acids is 1. The average Bonchev–Trinajstić information content (AvgIpc) is 3.19. The van der Waals surface area contributed by atoms with Crippen molar-refractivity contribution in [3.05, 3.63) is 41.5 Å². The number of rotatable bonds is 3. The summed E-state index contributed by atoms with van der Waals surface area (Å²) in [6, 6.07) is 4.77. The van der Waals surface area contributed by atoms with E-state index in [1.54, 1.807) is 0 Å². The summed E-state index contributed by atoms with van der Waals surface area (Å²) >= 11 is 0. The van der Waals surface area contributed by atoms with Crippen LogP contribution in [0.2, 0.25) is 0 Å². The van der Waals surface area contributed by atoms with Crippen LogP contribution in [-0.4, -0.2) is 20.5 Å². The number of hydrogen-bond donors (Lipinski definition) is 0. The number of hydrogen-bond acceptors (Lipinski definition) is 4. The average molecular weight is 350 g/mol. The lowest BCUT2D eigenvalue weighted by Gasteiger charge is -2.29. The molecule has 0 saturated heterocycles. The van der Waals surface area contributed by atoms with Crippen molar-refractivity contribution in [3.8, 4) is 0 Å². The lowest BCUT2D eigenvalue weighted by atomic mass is 9.79. The molecule has 1 spiro atoms. The first-order valence-corrected chi connectivity index (χ1v) is 9.69. The van der Waals surface area contributed by atoms with Crippen LogP contribution in [0, 0.1) is 11.3 Å². The largest absolute Gasteiger partial charge is 0.458 e. The van der Waals surface area contributed by atoms with Crippen molar-refractivity contribution in [1.29, 1.82) is 0 Å². The topological polar surface area (TPSA) is 60.4 Å². The fraction of sp³-hybridized carbons (Fsp3) is 0.500. The van der Waals surface area contributed by atoms with Gasteiger partial charge in [0.2, 0.25) is 0 Å². The summed E-state index contributed by atoms with van der Waals surface area (Å²) in [5.74, 6) is -0.143. The minimum atomic E-state index is -4.75. The van der Waals surface area contributed by atoms with Gasteiger partial charge < -0.3 is 4.74 Å². The highest BCUT2D eigenvalue weighted by Gasteiger charge is 2.50. The van der Waals surface area contributed by atoms with Gasteiger partial charge in [0.25, 0.3) is 0 Å². The van der Waals surface area contributed by atoms with E-state index in [2.05, 4.69) is 6.08 Å². The molecular formula is C18H19FO4S. The van der Waals surface area contributed by atoms with Gasteiger partial charge in [0.15, 0.2) is 0 Å². The number of halogens is 1. The van der Waals surface area contributed by atoms with Gasteiger partial charge in [0, 0.05) is 5.92 Å². The molecule has 0 radical (unpaired) electrons. The lowest BCUT2D eigenvalue weighted by molar-refractivity contribution is 0.0191. The van der Waals surface area contributed by atoms with Crippen LogP contribution in [0.3, 0.4) is 0 Å². The number of allylic oxidation sites excluding steroid dienone is 1. The Kier molecular flexibility index (Phi) is 3.56. The summed E-state index contributed by atoms with van der Waals surface area (Å²) in [5.41, 5.74) is 2.13. The van der Waals surface area contributed by atoms with Gasteiger partial charge >= 0.3 is 16.2 Å². The molecule has 3 aliphatic carbocycles. The highest BCUT2D eigenvalue weighted by Crippen LogP contribution is 2.59. The van der Waals surface area contributed by atoms with E-state index in [-0.39, 0.29) is 11.7 Å². The predicted octanol–water partition coefficient (Wildman–Crippen LogP) is 3.78. The van der Waals surface area contributed by atoms with Crippen molar-refractivity contribution in [1.82, 2.24) is 0 Å². The van der Waals surface area contributed by atoms with Crippen LogP contribution < -0.4 is 0 Å². The van der Waals surface area contributed by atoms with Gasteiger partial charge in [-0.05, 0) is 68.2 Å². The fourth-order valence-electron chi connectivity index (χ4n) is 4.03. The second-order valence-corrected chi connectivity index (χ2v) is 8.59. The first-order chi connectivity index (χ1) is 11.4. The third-order valence-corrected chi connectivity index (χ3v) is 6.52. The molecule has 2 atom stereocenters. The normalized spacial score (nSPS) is 27.5. The minimum absolute atomic E-state index is 0.105. The van der Waals surface area contributed by atoms with E-state index >= 15 is 0 Å². The molecule has 0 aliphatic heterocycles. The Morgan fingerprint density at radius 3 is 2.54 bits per heavy atom. The summed E-state index contributed by atoms with van der Waals surface area (Å²) < 4.78 is 40.2. The number of fused-ring (bicyclic) bond motifs is 1. The van der Waals surface area contributed by atoms with Gasteiger partial charge in [-0.3, -0.25) is 0 Å². The Morgan fingerprint density at radius 1 is 1.21 bits per heavy atom. The molecule has 0 heterocycles. The molecule has 1 aromatic carbocycles. The van der Waals surface area contributed by atoms with Crippen molar-refractivity contribution < 1.29 is 21.8 Å². The van der Waals surface area contributed by atoms with Crippen LogP contribution in [-0.2, 0) is 15.0 Å². The highest BCUT2D eigenvalue weighted by molar-refractivity contribution is 7.86. The summed E-state index contributed by atoms with van der Waals surface area (Å²) in [4.78, 5) is 11.9. The monoisotopic (exact) mass is 350 g/mol. The number of ether oxygens (including phenoxy) is 1. The third-order valence-electron chi connectivity index (χ3n) is 5.68. The minimum Gasteiger partial charge on any atom is -0.458 e. The maximum Gasteiger partial charge on any atom is 0.338 e. The molecule has 0 aromatic heterocycles. The maximum absolute atomic E-state index is 12.9. The molecule has 0 bridgehead atoms. The fourth-order valence-corrected chi connectivity index (χ4v) is 4.49. The Hall–Kier alpha value is -1.69. The van der Waals surface area contributed by atoms with Crippen LogP contribution in [0.5, 0.6) is 0 Å². The second-order valence-electron chi connectivity index (χ2n) is 7.24. The number of carbonyl (C=O) groups is 1. The molecule has 2 fully saturated rings. The maximum atomic E-state index is 12.9. The third kappa shape index (κ3) is 2.88.